The van der Waals surface area contributed by atoms with Gasteiger partial charge in [0.1, 0.15) is 0 Å². The minimum absolute atomic E-state index is 0.0620. The number of piperidine rings is 1. The molecule has 0 spiro atoms. The topological polar surface area (TPSA) is 41.1 Å². The van der Waals surface area contributed by atoms with Crippen LogP contribution in [0.25, 0.3) is 0 Å². The first-order chi connectivity index (χ1) is 8.54. The van der Waals surface area contributed by atoms with E-state index in [1.807, 2.05) is 25.1 Å². The van der Waals surface area contributed by atoms with Crippen LogP contribution in [0.1, 0.15) is 25.3 Å². The fraction of sp³-hybridized carbons (Fsp3) is 0.500. The summed E-state index contributed by atoms with van der Waals surface area (Å²) in [5, 5.41) is 6.26. The zero-order chi connectivity index (χ0) is 13.1. The number of aryl methyl sites for hydroxylation is 1. The minimum atomic E-state index is -0.0620. The van der Waals surface area contributed by atoms with E-state index >= 15 is 0 Å². The average molecular weight is 311 g/mol. The number of carbonyl (C=O) groups is 1. The summed E-state index contributed by atoms with van der Waals surface area (Å²) in [5.74, 6) is 0.685. The molecule has 1 saturated heterocycles. The summed E-state index contributed by atoms with van der Waals surface area (Å²) in [7, 11) is 0. The van der Waals surface area contributed by atoms with Crippen molar-refractivity contribution in [1.82, 2.24) is 5.32 Å². The largest absolute Gasteiger partial charge is 0.325 e. The van der Waals surface area contributed by atoms with Gasteiger partial charge in [0.15, 0.2) is 0 Å². The molecule has 1 fully saturated rings. The minimum Gasteiger partial charge on any atom is -0.325 e. The number of anilines is 1. The van der Waals surface area contributed by atoms with Gasteiger partial charge in [0.05, 0.1) is 6.04 Å². The Balaban J connectivity index is 2.02. The zero-order valence-corrected chi connectivity index (χ0v) is 12.4. The van der Waals surface area contributed by atoms with Crippen molar-refractivity contribution in [3.8, 4) is 0 Å². The Morgan fingerprint density at radius 1 is 1.44 bits per heavy atom. The summed E-state index contributed by atoms with van der Waals surface area (Å²) in [5.41, 5.74) is 1.98. The molecular weight excluding hydrogens is 292 g/mol. The van der Waals surface area contributed by atoms with Gasteiger partial charge >= 0.3 is 0 Å². The van der Waals surface area contributed by atoms with Crippen LogP contribution in [0.4, 0.5) is 5.69 Å². The Morgan fingerprint density at radius 2 is 2.22 bits per heavy atom. The molecule has 0 aromatic heterocycles. The Bertz CT molecular complexity index is 427. The summed E-state index contributed by atoms with van der Waals surface area (Å²) in [4.78, 5) is 12.1. The maximum atomic E-state index is 12.1. The normalized spacial score (nSPS) is 23.7. The van der Waals surface area contributed by atoms with Crippen LogP contribution in [-0.2, 0) is 4.79 Å². The Labute approximate surface area is 116 Å². The molecule has 2 rings (SSSR count). The second-order valence-corrected chi connectivity index (χ2v) is 6.06. The molecule has 1 aromatic rings. The van der Waals surface area contributed by atoms with E-state index in [0.29, 0.717) is 5.92 Å². The van der Waals surface area contributed by atoms with Gasteiger partial charge in [-0.2, -0.15) is 0 Å². The summed E-state index contributed by atoms with van der Waals surface area (Å²) in [6.45, 7) is 5.14. The van der Waals surface area contributed by atoms with Crippen LogP contribution in [0.3, 0.4) is 0 Å². The van der Waals surface area contributed by atoms with Crippen molar-refractivity contribution in [2.45, 2.75) is 32.7 Å². The second kappa shape index (κ2) is 5.85. The highest BCUT2D eigenvalue weighted by Crippen LogP contribution is 2.21. The van der Waals surface area contributed by atoms with E-state index in [2.05, 4.69) is 33.5 Å². The van der Waals surface area contributed by atoms with Gasteiger partial charge < -0.3 is 10.6 Å². The first-order valence-electron chi connectivity index (χ1n) is 6.36. The number of amides is 1. The second-order valence-electron chi connectivity index (χ2n) is 5.14. The molecule has 98 valence electrons. The Morgan fingerprint density at radius 3 is 2.89 bits per heavy atom. The van der Waals surface area contributed by atoms with Crippen LogP contribution in [0.2, 0.25) is 0 Å². The molecule has 2 unspecified atom stereocenters. The van der Waals surface area contributed by atoms with E-state index in [0.717, 1.165) is 35.1 Å². The monoisotopic (exact) mass is 310 g/mol. The number of halogens is 1. The van der Waals surface area contributed by atoms with Gasteiger partial charge in [0.2, 0.25) is 5.91 Å². The standard InChI is InChI=1S/C14H19BrN2O/c1-9-3-4-16-13(7-9)14(18)17-12-6-10(2)5-11(15)8-12/h5-6,8-9,13,16H,3-4,7H2,1-2H3,(H,17,18). The van der Waals surface area contributed by atoms with E-state index in [1.54, 1.807) is 0 Å². The van der Waals surface area contributed by atoms with Crippen molar-refractivity contribution in [2.75, 3.05) is 11.9 Å². The molecule has 1 heterocycles. The molecule has 0 aliphatic carbocycles. The number of hydrogen-bond acceptors (Lipinski definition) is 2. The molecule has 1 aromatic carbocycles. The third kappa shape index (κ3) is 3.56. The van der Waals surface area contributed by atoms with Crippen LogP contribution < -0.4 is 10.6 Å². The summed E-state index contributed by atoms with van der Waals surface area (Å²) >= 11 is 3.44. The van der Waals surface area contributed by atoms with Crippen LogP contribution in [0.5, 0.6) is 0 Å². The number of benzene rings is 1. The van der Waals surface area contributed by atoms with Crippen LogP contribution in [0.15, 0.2) is 22.7 Å². The molecule has 0 saturated carbocycles. The number of carbonyl (C=O) groups excluding carboxylic acids is 1. The summed E-state index contributed by atoms with van der Waals surface area (Å²) in [6, 6.07) is 5.87. The van der Waals surface area contributed by atoms with Crippen molar-refractivity contribution >= 4 is 27.5 Å². The lowest BCUT2D eigenvalue weighted by Crippen LogP contribution is -2.45. The lowest BCUT2D eigenvalue weighted by atomic mass is 9.94. The van der Waals surface area contributed by atoms with Gasteiger partial charge in [0.25, 0.3) is 0 Å². The molecule has 18 heavy (non-hydrogen) atoms. The predicted molar refractivity (Wildman–Crippen MR) is 77.7 cm³/mol. The molecule has 3 nitrogen and oxygen atoms in total. The van der Waals surface area contributed by atoms with Gasteiger partial charge in [0, 0.05) is 10.2 Å². The van der Waals surface area contributed by atoms with Crippen molar-refractivity contribution in [3.63, 3.8) is 0 Å². The first kappa shape index (κ1) is 13.6. The summed E-state index contributed by atoms with van der Waals surface area (Å²) < 4.78 is 0.989. The molecule has 1 aliphatic rings. The fourth-order valence-electron chi connectivity index (χ4n) is 2.35. The molecule has 4 heteroatoms. The van der Waals surface area contributed by atoms with E-state index in [-0.39, 0.29) is 11.9 Å². The number of hydrogen-bond donors (Lipinski definition) is 2. The van der Waals surface area contributed by atoms with Gasteiger partial charge in [-0.05, 0) is 56.0 Å². The van der Waals surface area contributed by atoms with Crippen LogP contribution in [-0.4, -0.2) is 18.5 Å². The first-order valence-corrected chi connectivity index (χ1v) is 7.15. The highest BCUT2D eigenvalue weighted by atomic mass is 79.9. The fourth-order valence-corrected chi connectivity index (χ4v) is 2.95. The quantitative estimate of drug-likeness (QED) is 0.881. The van der Waals surface area contributed by atoms with Crippen molar-refractivity contribution in [1.29, 1.82) is 0 Å². The van der Waals surface area contributed by atoms with E-state index < -0.39 is 0 Å². The third-order valence-corrected chi connectivity index (χ3v) is 3.75. The SMILES string of the molecule is Cc1cc(Br)cc(NC(=O)C2CC(C)CCN2)c1. The van der Waals surface area contributed by atoms with E-state index in [9.17, 15) is 4.79 Å². The smallest absolute Gasteiger partial charge is 0.241 e. The molecule has 1 aliphatic heterocycles. The van der Waals surface area contributed by atoms with Gasteiger partial charge in [-0.1, -0.05) is 22.9 Å². The van der Waals surface area contributed by atoms with Crippen molar-refractivity contribution in [3.05, 3.63) is 28.2 Å². The molecule has 1 amide bonds. The lowest BCUT2D eigenvalue weighted by Gasteiger charge is -2.27. The Hall–Kier alpha value is -0.870. The third-order valence-electron chi connectivity index (χ3n) is 3.29. The maximum Gasteiger partial charge on any atom is 0.241 e. The van der Waals surface area contributed by atoms with Crippen LogP contribution >= 0.6 is 15.9 Å². The van der Waals surface area contributed by atoms with Gasteiger partial charge in [-0.15, -0.1) is 0 Å². The van der Waals surface area contributed by atoms with E-state index in [4.69, 9.17) is 0 Å². The van der Waals surface area contributed by atoms with Crippen molar-refractivity contribution < 1.29 is 4.79 Å². The maximum absolute atomic E-state index is 12.1. The predicted octanol–water partition coefficient (Wildman–Crippen LogP) is 3.08. The van der Waals surface area contributed by atoms with Crippen molar-refractivity contribution in [2.24, 2.45) is 5.92 Å². The van der Waals surface area contributed by atoms with Crippen LogP contribution in [0, 0.1) is 12.8 Å². The Kier molecular flexibility index (Phi) is 4.40. The van der Waals surface area contributed by atoms with E-state index in [1.165, 1.54) is 0 Å². The highest BCUT2D eigenvalue weighted by molar-refractivity contribution is 9.10. The van der Waals surface area contributed by atoms with Gasteiger partial charge in [-0.3, -0.25) is 4.79 Å². The zero-order valence-electron chi connectivity index (χ0n) is 10.8. The summed E-state index contributed by atoms with van der Waals surface area (Å²) in [6.07, 6.45) is 2.07. The molecule has 0 bridgehead atoms. The number of nitrogens with one attached hydrogen (secondary N) is 2. The molecule has 2 N–H and O–H groups in total. The average Bonchev–Trinajstić information content (AvgIpc) is 2.27. The lowest BCUT2D eigenvalue weighted by molar-refractivity contribution is -0.119. The van der Waals surface area contributed by atoms with Gasteiger partial charge in [-0.25, -0.2) is 0 Å². The molecular formula is C14H19BrN2O. The number of rotatable bonds is 2. The molecule has 0 radical (unpaired) electrons. The highest BCUT2D eigenvalue weighted by Gasteiger charge is 2.24. The molecule has 2 atom stereocenters.